The first-order valence-corrected chi connectivity index (χ1v) is 11.1. The first kappa shape index (κ1) is 24.6. The largest absolute Gasteiger partial charge is 0.394 e. The van der Waals surface area contributed by atoms with Crippen LogP contribution in [0.4, 0.5) is 0 Å². The number of rotatable bonds is 17. The quantitative estimate of drug-likeness (QED) is 0.262. The monoisotopic (exact) mass is 386 g/mol. The van der Waals surface area contributed by atoms with Crippen molar-refractivity contribution in [2.75, 3.05) is 19.8 Å². The Balaban J connectivity index is 1.88. The Morgan fingerprint density at radius 3 is 2.19 bits per heavy atom. The summed E-state index contributed by atoms with van der Waals surface area (Å²) in [6.45, 7) is 2.63. The van der Waals surface area contributed by atoms with Gasteiger partial charge in [-0.1, -0.05) is 76.9 Å². The number of aliphatic hydroxyl groups is 3. The lowest BCUT2D eigenvalue weighted by Crippen LogP contribution is -2.41. The second-order valence-corrected chi connectivity index (χ2v) is 7.68. The van der Waals surface area contributed by atoms with Gasteiger partial charge in [-0.2, -0.15) is 0 Å². The van der Waals surface area contributed by atoms with Crippen LogP contribution in [-0.2, 0) is 9.47 Å². The third-order valence-electron chi connectivity index (χ3n) is 5.24. The second kappa shape index (κ2) is 16.5. The predicted molar refractivity (Wildman–Crippen MR) is 109 cm³/mol. The maximum Gasteiger partial charge on any atom is 0.114 e. The molecule has 27 heavy (non-hydrogen) atoms. The molecule has 5 nitrogen and oxygen atoms in total. The van der Waals surface area contributed by atoms with Crippen molar-refractivity contribution >= 4 is 0 Å². The smallest absolute Gasteiger partial charge is 0.114 e. The highest BCUT2D eigenvalue weighted by molar-refractivity contribution is 4.89. The molecule has 1 aliphatic rings. The molecule has 1 fully saturated rings. The Labute approximate surface area is 165 Å². The molecule has 160 valence electrons. The highest BCUT2D eigenvalue weighted by Gasteiger charge is 2.40. The van der Waals surface area contributed by atoms with E-state index in [-0.39, 0.29) is 6.61 Å². The van der Waals surface area contributed by atoms with Gasteiger partial charge in [0.1, 0.15) is 24.4 Å². The van der Waals surface area contributed by atoms with E-state index in [1.54, 1.807) is 0 Å². The van der Waals surface area contributed by atoms with E-state index in [0.29, 0.717) is 6.61 Å². The van der Waals surface area contributed by atoms with E-state index in [9.17, 15) is 10.2 Å². The molecule has 1 saturated heterocycles. The Morgan fingerprint density at radius 2 is 1.56 bits per heavy atom. The molecule has 3 N–H and O–H groups in total. The van der Waals surface area contributed by atoms with Gasteiger partial charge in [0.15, 0.2) is 0 Å². The molecule has 0 amide bonds. The molecule has 0 unspecified atom stereocenters. The molecule has 1 aliphatic heterocycles. The Hall–Kier alpha value is -0.460. The predicted octanol–water partition coefficient (Wildman–Crippen LogP) is 3.74. The molecular weight excluding hydrogens is 344 g/mol. The van der Waals surface area contributed by atoms with Gasteiger partial charge in [-0.3, -0.25) is 0 Å². The topological polar surface area (TPSA) is 79.2 Å². The first-order chi connectivity index (χ1) is 13.2. The minimum Gasteiger partial charge on any atom is -0.394 e. The zero-order valence-corrected chi connectivity index (χ0v) is 17.2. The van der Waals surface area contributed by atoms with E-state index in [4.69, 9.17) is 14.6 Å². The van der Waals surface area contributed by atoms with Crippen LogP contribution in [0.2, 0.25) is 0 Å². The number of ether oxygens (including phenoxy) is 2. The Morgan fingerprint density at radius 1 is 0.963 bits per heavy atom. The second-order valence-electron chi connectivity index (χ2n) is 7.68. The fraction of sp³-hybridized carbons (Fsp3) is 0.909. The van der Waals surface area contributed by atoms with Crippen LogP contribution in [0.1, 0.15) is 84.0 Å². The fourth-order valence-corrected chi connectivity index (χ4v) is 3.48. The maximum absolute atomic E-state index is 10.0. The summed E-state index contributed by atoms with van der Waals surface area (Å²) in [6, 6.07) is 0. The van der Waals surface area contributed by atoms with Gasteiger partial charge < -0.3 is 24.8 Å². The number of aliphatic hydroxyl groups excluding tert-OH is 3. The molecule has 1 heterocycles. The minimum atomic E-state index is -1.06. The van der Waals surface area contributed by atoms with E-state index < -0.39 is 31.0 Å². The van der Waals surface area contributed by atoms with Crippen LogP contribution in [0, 0.1) is 0 Å². The fourth-order valence-electron chi connectivity index (χ4n) is 3.48. The summed E-state index contributed by atoms with van der Waals surface area (Å²) >= 11 is 0. The Bertz CT molecular complexity index is 361. The van der Waals surface area contributed by atoms with Crippen LogP contribution in [0.15, 0.2) is 12.2 Å². The van der Waals surface area contributed by atoms with E-state index in [1.807, 2.05) is 0 Å². The van der Waals surface area contributed by atoms with Crippen LogP contribution >= 0.6 is 0 Å². The van der Waals surface area contributed by atoms with Gasteiger partial charge >= 0.3 is 0 Å². The van der Waals surface area contributed by atoms with Gasteiger partial charge in [0, 0.05) is 0 Å². The van der Waals surface area contributed by atoms with Gasteiger partial charge in [0.05, 0.1) is 19.8 Å². The lowest BCUT2D eigenvalue weighted by Gasteiger charge is -2.20. The maximum atomic E-state index is 10.0. The lowest BCUT2D eigenvalue weighted by atomic mass is 10.1. The van der Waals surface area contributed by atoms with Crippen molar-refractivity contribution in [1.82, 2.24) is 0 Å². The van der Waals surface area contributed by atoms with Crippen molar-refractivity contribution in [3.05, 3.63) is 12.2 Å². The number of unbranched alkanes of at least 4 members (excludes halogenated alkanes) is 10. The molecule has 0 aromatic heterocycles. The minimum absolute atomic E-state index is 0.255. The standard InChI is InChI=1S/C22H42O5/c1-2-3-4-5-6-7-8-9-10-11-12-13-14-15-16-26-20-18-27-22(21(20)25)19(24)17-23/h13-14,19-25H,2-12,15-18H2,1H3/b14-13+/t19-,20+,21+,22+/m1/s1. The normalized spacial score (nSPS) is 24.1. The summed E-state index contributed by atoms with van der Waals surface area (Å²) < 4.78 is 10.9. The van der Waals surface area contributed by atoms with Crippen LogP contribution in [0.25, 0.3) is 0 Å². The highest BCUT2D eigenvalue weighted by atomic mass is 16.6. The Kier molecular flexibility index (Phi) is 15.0. The summed E-state index contributed by atoms with van der Waals surface area (Å²) in [6.07, 6.45) is 16.8. The van der Waals surface area contributed by atoms with Crippen LogP contribution in [0.5, 0.6) is 0 Å². The number of allylic oxidation sites excluding steroid dienone is 1. The zero-order valence-electron chi connectivity index (χ0n) is 17.2. The highest BCUT2D eigenvalue weighted by Crippen LogP contribution is 2.20. The van der Waals surface area contributed by atoms with Gasteiger partial charge in [-0.15, -0.1) is 0 Å². The van der Waals surface area contributed by atoms with Crippen molar-refractivity contribution in [1.29, 1.82) is 0 Å². The lowest BCUT2D eigenvalue weighted by molar-refractivity contribution is -0.0726. The van der Waals surface area contributed by atoms with Gasteiger partial charge in [0.2, 0.25) is 0 Å². The molecule has 0 saturated carbocycles. The summed E-state index contributed by atoms with van der Waals surface area (Å²) in [5.41, 5.74) is 0. The van der Waals surface area contributed by atoms with Crippen molar-refractivity contribution < 1.29 is 24.8 Å². The van der Waals surface area contributed by atoms with E-state index in [0.717, 1.165) is 12.8 Å². The average Bonchev–Trinajstić information content (AvgIpc) is 3.04. The molecule has 4 atom stereocenters. The summed E-state index contributed by atoms with van der Waals surface area (Å²) in [4.78, 5) is 0. The molecular formula is C22H42O5. The van der Waals surface area contributed by atoms with Crippen molar-refractivity contribution in [2.45, 2.75) is 108 Å². The van der Waals surface area contributed by atoms with Crippen molar-refractivity contribution in [2.24, 2.45) is 0 Å². The van der Waals surface area contributed by atoms with Crippen molar-refractivity contribution in [3.8, 4) is 0 Å². The molecule has 0 aliphatic carbocycles. The van der Waals surface area contributed by atoms with Crippen LogP contribution in [0.3, 0.4) is 0 Å². The molecule has 0 spiro atoms. The molecule has 0 aromatic carbocycles. The van der Waals surface area contributed by atoms with E-state index in [2.05, 4.69) is 19.1 Å². The van der Waals surface area contributed by atoms with Gasteiger partial charge in [0.25, 0.3) is 0 Å². The SMILES string of the molecule is CCCCCCCCCCCC/C=C/CCO[C@H]1CO[C@@H]([C@H](O)CO)[C@H]1O. The van der Waals surface area contributed by atoms with E-state index >= 15 is 0 Å². The van der Waals surface area contributed by atoms with Crippen molar-refractivity contribution in [3.63, 3.8) is 0 Å². The van der Waals surface area contributed by atoms with Gasteiger partial charge in [-0.25, -0.2) is 0 Å². The third kappa shape index (κ3) is 11.2. The summed E-state index contributed by atoms with van der Waals surface area (Å²) in [5.74, 6) is 0. The van der Waals surface area contributed by atoms with Gasteiger partial charge in [-0.05, 0) is 19.3 Å². The molecule has 0 bridgehead atoms. The first-order valence-electron chi connectivity index (χ1n) is 11.1. The van der Waals surface area contributed by atoms with Crippen LogP contribution < -0.4 is 0 Å². The summed E-state index contributed by atoms with van der Waals surface area (Å²) in [7, 11) is 0. The number of hydrogen-bond donors (Lipinski definition) is 3. The number of hydrogen-bond acceptors (Lipinski definition) is 5. The summed E-state index contributed by atoms with van der Waals surface area (Å²) in [5, 5.41) is 28.5. The van der Waals surface area contributed by atoms with Crippen LogP contribution in [-0.4, -0.2) is 59.6 Å². The zero-order chi connectivity index (χ0) is 19.7. The molecule has 1 rings (SSSR count). The molecule has 5 heteroatoms. The molecule has 0 radical (unpaired) electrons. The van der Waals surface area contributed by atoms with E-state index in [1.165, 1.54) is 64.2 Å². The average molecular weight is 387 g/mol. The molecule has 0 aromatic rings. The third-order valence-corrected chi connectivity index (χ3v) is 5.24.